The highest BCUT2D eigenvalue weighted by atomic mass is 28.4. The average molecular weight is 471 g/mol. The molecule has 4 rings (SSSR count). The Balaban J connectivity index is 1.90. The fourth-order valence-corrected chi connectivity index (χ4v) is 11.5. The van der Waals surface area contributed by atoms with Crippen molar-refractivity contribution >= 4 is 38.8 Å². The van der Waals surface area contributed by atoms with Crippen molar-refractivity contribution < 1.29 is 13.6 Å². The van der Waals surface area contributed by atoms with Gasteiger partial charge in [-0.1, -0.05) is 97.1 Å². The van der Waals surface area contributed by atoms with E-state index >= 15 is 0 Å². The Morgan fingerprint density at radius 1 is 0.485 bits per heavy atom. The highest BCUT2D eigenvalue weighted by Gasteiger charge is 2.30. The number of ether oxygens (including phenoxy) is 2. The van der Waals surface area contributed by atoms with Gasteiger partial charge < -0.3 is 13.6 Å². The molecule has 0 saturated carbocycles. The molecule has 0 spiro atoms. The fraction of sp³-hybridized carbons (Fsp3) is 0.143. The van der Waals surface area contributed by atoms with Crippen LogP contribution in [0.25, 0.3) is 0 Å². The molecule has 0 bridgehead atoms. The summed E-state index contributed by atoms with van der Waals surface area (Å²) in [4.78, 5) is 0. The molecule has 168 valence electrons. The largest absolute Gasteiger partial charge is 0.497 e. The molecule has 0 radical (unpaired) electrons. The van der Waals surface area contributed by atoms with Crippen molar-refractivity contribution in [3.63, 3.8) is 0 Å². The molecule has 0 heterocycles. The molecule has 3 nitrogen and oxygen atoms in total. The van der Waals surface area contributed by atoms with Crippen molar-refractivity contribution in [1.29, 1.82) is 0 Å². The molecule has 0 aliphatic carbocycles. The van der Waals surface area contributed by atoms with Crippen LogP contribution in [0, 0.1) is 13.8 Å². The molecule has 4 aromatic rings. The maximum atomic E-state index is 7.31. The Kier molecular flexibility index (Phi) is 7.44. The Morgan fingerprint density at radius 2 is 0.879 bits per heavy atom. The van der Waals surface area contributed by atoms with Gasteiger partial charge in [0.1, 0.15) is 11.5 Å². The summed E-state index contributed by atoms with van der Waals surface area (Å²) in [5.74, 6) is 1.85. The van der Waals surface area contributed by atoms with Crippen LogP contribution in [0.2, 0.25) is 0 Å². The first-order chi connectivity index (χ1) is 16.1. The van der Waals surface area contributed by atoms with Crippen LogP contribution in [0.4, 0.5) is 0 Å². The van der Waals surface area contributed by atoms with Crippen molar-refractivity contribution in [2.24, 2.45) is 0 Å². The second-order valence-corrected chi connectivity index (χ2v) is 13.3. The summed E-state index contributed by atoms with van der Waals surface area (Å²) in [5.41, 5.74) is 2.25. The molecule has 0 aliphatic rings. The highest BCUT2D eigenvalue weighted by Crippen LogP contribution is 2.18. The van der Waals surface area contributed by atoms with E-state index in [0.29, 0.717) is 0 Å². The van der Waals surface area contributed by atoms with Gasteiger partial charge in [0.15, 0.2) is 0 Å². The summed E-state index contributed by atoms with van der Waals surface area (Å²) in [7, 11) is -0.702. The lowest BCUT2D eigenvalue weighted by atomic mass is 10.2. The molecule has 0 fully saturated rings. The summed E-state index contributed by atoms with van der Waals surface area (Å²) in [6, 6.07) is 33.9. The summed E-state index contributed by atoms with van der Waals surface area (Å²) < 4.78 is 19.1. The van der Waals surface area contributed by atoms with Gasteiger partial charge in [-0.2, -0.15) is 0 Å². The van der Waals surface area contributed by atoms with E-state index in [9.17, 15) is 0 Å². The second kappa shape index (κ2) is 10.7. The number of benzene rings is 4. The first kappa shape index (κ1) is 23.0. The Bertz CT molecular complexity index is 1100. The maximum absolute atomic E-state index is 7.31. The van der Waals surface area contributed by atoms with E-state index in [2.05, 4.69) is 111 Å². The first-order valence-corrected chi connectivity index (χ1v) is 14.4. The normalized spacial score (nSPS) is 12.7. The van der Waals surface area contributed by atoms with Crippen molar-refractivity contribution in [2.75, 3.05) is 14.2 Å². The summed E-state index contributed by atoms with van der Waals surface area (Å²) in [6.45, 7) is 4.18. The van der Waals surface area contributed by atoms with Crippen LogP contribution in [-0.4, -0.2) is 32.3 Å². The lowest BCUT2D eigenvalue weighted by molar-refractivity contribution is 0.413. The number of rotatable bonds is 8. The van der Waals surface area contributed by atoms with Gasteiger partial charge in [0, 0.05) is 10.4 Å². The van der Waals surface area contributed by atoms with Crippen molar-refractivity contribution in [2.45, 2.75) is 13.8 Å². The summed E-state index contributed by atoms with van der Waals surface area (Å²) >= 11 is 0. The zero-order valence-corrected chi connectivity index (χ0v) is 21.9. The predicted molar refractivity (Wildman–Crippen MR) is 142 cm³/mol. The van der Waals surface area contributed by atoms with Crippen molar-refractivity contribution in [3.8, 4) is 11.5 Å². The smallest absolute Gasteiger partial charge is 0.232 e. The average Bonchev–Trinajstić information content (AvgIpc) is 2.85. The molecule has 2 atom stereocenters. The third-order valence-electron chi connectivity index (χ3n) is 5.93. The molecule has 0 N–H and O–H groups in total. The summed E-state index contributed by atoms with van der Waals surface area (Å²) in [5, 5.41) is 4.82. The van der Waals surface area contributed by atoms with Gasteiger partial charge in [-0.3, -0.25) is 0 Å². The van der Waals surface area contributed by atoms with Gasteiger partial charge in [0.2, 0.25) is 18.1 Å². The second-order valence-electron chi connectivity index (χ2n) is 8.11. The topological polar surface area (TPSA) is 27.7 Å². The standard InChI is InChI=1S/C28H30O3Si2/c1-21-13-11-19-25(27(21)29-3)32(23-15-7-5-8-16-23)31-33(24-17-9-6-10-18-24)26-20-12-14-22(2)28(26)30-4/h5-20,32-33H,1-4H3. The Morgan fingerprint density at radius 3 is 1.24 bits per heavy atom. The van der Waals surface area contributed by atoms with E-state index in [1.165, 1.54) is 20.7 Å². The Labute approximate surface area is 200 Å². The molecule has 0 aliphatic heterocycles. The third kappa shape index (κ3) is 4.95. The zero-order valence-electron chi connectivity index (χ0n) is 19.6. The zero-order chi connectivity index (χ0) is 23.2. The Hall–Kier alpha value is -3.13. The van der Waals surface area contributed by atoms with Crippen LogP contribution in [0.5, 0.6) is 11.5 Å². The molecule has 0 amide bonds. The van der Waals surface area contributed by atoms with E-state index < -0.39 is 18.1 Å². The number of methoxy groups -OCH3 is 2. The lowest BCUT2D eigenvalue weighted by Gasteiger charge is -2.27. The van der Waals surface area contributed by atoms with E-state index in [0.717, 1.165) is 22.6 Å². The van der Waals surface area contributed by atoms with Gasteiger partial charge in [-0.25, -0.2) is 0 Å². The van der Waals surface area contributed by atoms with Crippen LogP contribution in [0.15, 0.2) is 97.1 Å². The molecule has 0 aromatic heterocycles. The molecular weight excluding hydrogens is 440 g/mol. The van der Waals surface area contributed by atoms with Gasteiger partial charge in [0.05, 0.1) is 14.2 Å². The van der Waals surface area contributed by atoms with Crippen molar-refractivity contribution in [1.82, 2.24) is 0 Å². The van der Waals surface area contributed by atoms with Crippen LogP contribution >= 0.6 is 0 Å². The molecule has 2 unspecified atom stereocenters. The van der Waals surface area contributed by atoms with Gasteiger partial charge >= 0.3 is 0 Å². The van der Waals surface area contributed by atoms with E-state index in [1.54, 1.807) is 14.2 Å². The summed E-state index contributed by atoms with van der Waals surface area (Å²) in [6.07, 6.45) is 0. The van der Waals surface area contributed by atoms with Crippen molar-refractivity contribution in [3.05, 3.63) is 108 Å². The maximum Gasteiger partial charge on any atom is 0.232 e. The minimum atomic E-state index is -2.10. The molecule has 5 heteroatoms. The number of para-hydroxylation sites is 2. The molecule has 4 aromatic carbocycles. The predicted octanol–water partition coefficient (Wildman–Crippen LogP) is 2.71. The van der Waals surface area contributed by atoms with E-state index in [4.69, 9.17) is 13.6 Å². The first-order valence-electron chi connectivity index (χ1n) is 11.2. The third-order valence-corrected chi connectivity index (χ3v) is 12.1. The number of aryl methyl sites for hydroxylation is 2. The van der Waals surface area contributed by atoms with E-state index in [-0.39, 0.29) is 0 Å². The number of hydrogen-bond acceptors (Lipinski definition) is 3. The SMILES string of the molecule is COc1c(C)cccc1[SiH](O[SiH](c1ccccc1)c1cccc(C)c1OC)c1ccccc1. The van der Waals surface area contributed by atoms with E-state index in [1.807, 2.05) is 0 Å². The molecular formula is C28H30O3Si2. The number of hydrogen-bond donors (Lipinski definition) is 0. The fourth-order valence-electron chi connectivity index (χ4n) is 4.38. The van der Waals surface area contributed by atoms with Gasteiger partial charge in [0.25, 0.3) is 0 Å². The van der Waals surface area contributed by atoms with Gasteiger partial charge in [-0.05, 0) is 35.3 Å². The minimum absolute atomic E-state index is 0.926. The minimum Gasteiger partial charge on any atom is -0.497 e. The van der Waals surface area contributed by atoms with Crippen LogP contribution in [0.3, 0.4) is 0 Å². The molecule has 33 heavy (non-hydrogen) atoms. The monoisotopic (exact) mass is 470 g/mol. The quantitative estimate of drug-likeness (QED) is 0.371. The van der Waals surface area contributed by atoms with Crippen LogP contribution in [0.1, 0.15) is 11.1 Å². The van der Waals surface area contributed by atoms with Crippen LogP contribution < -0.4 is 30.2 Å². The highest BCUT2D eigenvalue weighted by molar-refractivity contribution is 6.92. The van der Waals surface area contributed by atoms with Gasteiger partial charge in [-0.15, -0.1) is 0 Å². The van der Waals surface area contributed by atoms with Crippen LogP contribution in [-0.2, 0) is 4.12 Å². The molecule has 0 saturated heterocycles. The lowest BCUT2D eigenvalue weighted by Crippen LogP contribution is -2.56.